The summed E-state index contributed by atoms with van der Waals surface area (Å²) in [6.07, 6.45) is 4.46. The van der Waals surface area contributed by atoms with E-state index in [-0.39, 0.29) is 0 Å². The molecule has 0 saturated carbocycles. The second-order valence-corrected chi connectivity index (χ2v) is 4.99. The Balaban J connectivity index is 2.26. The van der Waals surface area contributed by atoms with Crippen molar-refractivity contribution in [3.63, 3.8) is 0 Å². The molecule has 3 heteroatoms. The van der Waals surface area contributed by atoms with Gasteiger partial charge >= 0.3 is 0 Å². The zero-order valence-corrected chi connectivity index (χ0v) is 8.98. The molecular weight excluding hydrogens is 212 g/mol. The topological polar surface area (TPSA) is 17.1 Å². The molecule has 0 atom stereocenters. The highest BCUT2D eigenvalue weighted by atomic mass is 33.1. The molecule has 1 aliphatic rings. The van der Waals surface area contributed by atoms with Crippen molar-refractivity contribution in [3.05, 3.63) is 53.0 Å². The number of aldehydes is 1. The molecule has 1 nitrogen and oxygen atoms in total. The van der Waals surface area contributed by atoms with Gasteiger partial charge < -0.3 is 0 Å². The lowest BCUT2D eigenvalue weighted by molar-refractivity contribution is -0.104. The minimum atomic E-state index is 0.827. The maximum absolute atomic E-state index is 10.3. The first-order valence-corrected chi connectivity index (χ1v) is 6.32. The molecule has 1 aromatic rings. The normalized spacial score (nSPS) is 18.3. The molecule has 0 aliphatic carbocycles. The van der Waals surface area contributed by atoms with E-state index in [1.165, 1.54) is 10.5 Å². The highest BCUT2D eigenvalue weighted by Gasteiger charge is 2.11. The fourth-order valence-electron chi connectivity index (χ4n) is 1.15. The second kappa shape index (κ2) is 4.53. The third kappa shape index (κ3) is 2.11. The summed E-state index contributed by atoms with van der Waals surface area (Å²) in [4.78, 5) is 12.5. The molecule has 0 aromatic heterocycles. The van der Waals surface area contributed by atoms with Crippen molar-refractivity contribution in [2.75, 3.05) is 0 Å². The van der Waals surface area contributed by atoms with Gasteiger partial charge in [-0.3, -0.25) is 4.79 Å². The van der Waals surface area contributed by atoms with Crippen LogP contribution >= 0.6 is 21.6 Å². The summed E-state index contributed by atoms with van der Waals surface area (Å²) in [5.74, 6) is 0. The van der Waals surface area contributed by atoms with E-state index in [0.29, 0.717) is 0 Å². The van der Waals surface area contributed by atoms with Crippen molar-refractivity contribution in [1.82, 2.24) is 0 Å². The summed E-state index contributed by atoms with van der Waals surface area (Å²) in [6, 6.07) is 10.2. The van der Waals surface area contributed by atoms with Crippen LogP contribution in [-0.2, 0) is 4.79 Å². The van der Waals surface area contributed by atoms with E-state index in [2.05, 4.69) is 12.1 Å². The van der Waals surface area contributed by atoms with E-state index in [9.17, 15) is 4.79 Å². The van der Waals surface area contributed by atoms with Crippen LogP contribution in [0.5, 0.6) is 0 Å². The van der Waals surface area contributed by atoms with Gasteiger partial charge in [0.25, 0.3) is 0 Å². The molecule has 14 heavy (non-hydrogen) atoms. The lowest BCUT2D eigenvalue weighted by Gasteiger charge is -1.97. The molecule has 1 aliphatic heterocycles. The highest BCUT2D eigenvalue weighted by Crippen LogP contribution is 2.48. The third-order valence-corrected chi connectivity index (χ3v) is 4.22. The van der Waals surface area contributed by atoms with Gasteiger partial charge in [-0.05, 0) is 17.7 Å². The molecule has 70 valence electrons. The van der Waals surface area contributed by atoms with Crippen LogP contribution in [0.25, 0.3) is 4.91 Å². The Bertz CT molecular complexity index is 393. The minimum Gasteiger partial charge on any atom is -0.299 e. The van der Waals surface area contributed by atoms with E-state index in [1.54, 1.807) is 27.7 Å². The molecule has 2 rings (SSSR count). The molecule has 0 unspecified atom stereocenters. The van der Waals surface area contributed by atoms with Gasteiger partial charge in [-0.1, -0.05) is 51.9 Å². The summed E-state index contributed by atoms with van der Waals surface area (Å²) in [7, 11) is 3.32. The van der Waals surface area contributed by atoms with Crippen LogP contribution in [0.3, 0.4) is 0 Å². The Kier molecular flexibility index (Phi) is 3.11. The number of carbonyl (C=O) groups is 1. The average Bonchev–Trinajstić information content (AvgIpc) is 2.68. The highest BCUT2D eigenvalue weighted by molar-refractivity contribution is 8.82. The number of rotatable bonds is 2. The molecule has 1 aromatic carbocycles. The fourth-order valence-corrected chi connectivity index (χ4v) is 3.39. The molecule has 0 radical (unpaired) electrons. The zero-order valence-electron chi connectivity index (χ0n) is 7.34. The molecule has 0 saturated heterocycles. The second-order valence-electron chi connectivity index (χ2n) is 2.75. The summed E-state index contributed by atoms with van der Waals surface area (Å²) in [5.41, 5.74) is 1.21. The van der Waals surface area contributed by atoms with Crippen molar-refractivity contribution in [2.45, 2.75) is 0 Å². The molecule has 0 bridgehead atoms. The smallest absolute Gasteiger partial charge is 0.143 e. The molecular formula is C11H8OS2. The zero-order chi connectivity index (χ0) is 9.80. The van der Waals surface area contributed by atoms with Crippen LogP contribution in [0.4, 0.5) is 0 Å². The van der Waals surface area contributed by atoms with Crippen molar-refractivity contribution < 1.29 is 4.79 Å². The SMILES string of the molecule is O=C/C=C1/C=C(c2ccccc2)SS1. The van der Waals surface area contributed by atoms with Crippen LogP contribution in [0, 0.1) is 0 Å². The number of carbonyl (C=O) groups excluding carboxylic acids is 1. The van der Waals surface area contributed by atoms with Gasteiger partial charge in [-0.25, -0.2) is 0 Å². The lowest BCUT2D eigenvalue weighted by atomic mass is 10.2. The van der Waals surface area contributed by atoms with Crippen molar-refractivity contribution in [3.8, 4) is 0 Å². The number of allylic oxidation sites excluding steroid dienone is 2. The largest absolute Gasteiger partial charge is 0.299 e. The van der Waals surface area contributed by atoms with Gasteiger partial charge in [0.05, 0.1) is 0 Å². The van der Waals surface area contributed by atoms with Crippen molar-refractivity contribution in [2.24, 2.45) is 0 Å². The lowest BCUT2D eigenvalue weighted by Crippen LogP contribution is -1.73. The first-order valence-electron chi connectivity index (χ1n) is 4.17. The van der Waals surface area contributed by atoms with E-state index < -0.39 is 0 Å². The molecule has 0 amide bonds. The summed E-state index contributed by atoms with van der Waals surface area (Å²) >= 11 is 0. The standard InChI is InChI=1S/C11H8OS2/c12-7-6-10-8-11(14-13-10)9-4-2-1-3-5-9/h1-8H/b10-6-. The molecule has 0 N–H and O–H groups in total. The van der Waals surface area contributed by atoms with E-state index in [1.807, 2.05) is 24.3 Å². The van der Waals surface area contributed by atoms with Gasteiger partial charge in [-0.15, -0.1) is 0 Å². The predicted octanol–water partition coefficient (Wildman–Crippen LogP) is 3.51. The van der Waals surface area contributed by atoms with Gasteiger partial charge in [0.2, 0.25) is 0 Å². The van der Waals surface area contributed by atoms with Crippen molar-refractivity contribution in [1.29, 1.82) is 0 Å². The van der Waals surface area contributed by atoms with E-state index in [4.69, 9.17) is 0 Å². The first kappa shape index (κ1) is 9.62. The summed E-state index contributed by atoms with van der Waals surface area (Å²) in [5, 5.41) is 0. The van der Waals surface area contributed by atoms with Crippen LogP contribution < -0.4 is 0 Å². The van der Waals surface area contributed by atoms with Crippen LogP contribution in [-0.4, -0.2) is 6.29 Å². The van der Waals surface area contributed by atoms with Crippen LogP contribution in [0.2, 0.25) is 0 Å². The van der Waals surface area contributed by atoms with Gasteiger partial charge in [0.15, 0.2) is 0 Å². The van der Waals surface area contributed by atoms with Crippen LogP contribution in [0.1, 0.15) is 5.56 Å². The first-order chi connectivity index (χ1) is 6.90. The fraction of sp³-hybridized carbons (Fsp3) is 0. The van der Waals surface area contributed by atoms with E-state index in [0.717, 1.165) is 11.2 Å². The number of benzene rings is 1. The predicted molar refractivity (Wildman–Crippen MR) is 63.7 cm³/mol. The number of hydrogen-bond acceptors (Lipinski definition) is 3. The Morgan fingerprint density at radius 3 is 2.57 bits per heavy atom. The Labute approximate surface area is 90.7 Å². The molecule has 0 fully saturated rings. The van der Waals surface area contributed by atoms with Gasteiger partial charge in [-0.2, -0.15) is 0 Å². The summed E-state index contributed by atoms with van der Waals surface area (Å²) in [6.45, 7) is 0. The maximum atomic E-state index is 10.3. The van der Waals surface area contributed by atoms with Crippen molar-refractivity contribution >= 4 is 32.8 Å². The van der Waals surface area contributed by atoms with Crippen LogP contribution in [0.15, 0.2) is 47.4 Å². The Morgan fingerprint density at radius 1 is 1.07 bits per heavy atom. The quantitative estimate of drug-likeness (QED) is 0.431. The maximum Gasteiger partial charge on any atom is 0.143 e. The van der Waals surface area contributed by atoms with Gasteiger partial charge in [0.1, 0.15) is 6.29 Å². The monoisotopic (exact) mass is 220 g/mol. The molecule has 1 heterocycles. The number of hydrogen-bond donors (Lipinski definition) is 0. The Morgan fingerprint density at radius 2 is 1.86 bits per heavy atom. The third-order valence-electron chi connectivity index (χ3n) is 1.79. The van der Waals surface area contributed by atoms with E-state index >= 15 is 0 Å². The van der Waals surface area contributed by atoms with Gasteiger partial charge in [0, 0.05) is 9.81 Å². The summed E-state index contributed by atoms with van der Waals surface area (Å²) < 4.78 is 0. The minimum absolute atomic E-state index is 0.827. The Hall–Kier alpha value is -0.930. The molecule has 0 spiro atoms. The average molecular weight is 220 g/mol.